The highest BCUT2D eigenvalue weighted by molar-refractivity contribution is 8.06. The fraction of sp³-hybridized carbons (Fsp3) is 0.727. The maximum atomic E-state index is 11.5. The first kappa shape index (κ1) is 13.4. The molecule has 0 aromatic heterocycles. The van der Waals surface area contributed by atoms with E-state index in [-0.39, 0.29) is 6.42 Å². The van der Waals surface area contributed by atoms with Crippen molar-refractivity contribution in [1.29, 1.82) is 0 Å². The Morgan fingerprint density at radius 2 is 2.19 bits per heavy atom. The number of rotatable bonds is 4. The molecule has 1 N–H and O–H groups in total. The lowest BCUT2D eigenvalue weighted by Gasteiger charge is -2.14. The molecule has 92 valence electrons. The van der Waals surface area contributed by atoms with Crippen LogP contribution in [-0.4, -0.2) is 31.9 Å². The van der Waals surface area contributed by atoms with Crippen LogP contribution in [0.25, 0.3) is 0 Å². The summed E-state index contributed by atoms with van der Waals surface area (Å²) in [6.45, 7) is 4.81. The van der Waals surface area contributed by atoms with Gasteiger partial charge in [0.25, 0.3) is 0 Å². The van der Waals surface area contributed by atoms with Crippen LogP contribution in [0.5, 0.6) is 0 Å². The normalized spacial score (nSPS) is 17.3. The summed E-state index contributed by atoms with van der Waals surface area (Å²) in [5, 5.41) is 1.95. The summed E-state index contributed by atoms with van der Waals surface area (Å²) in [4.78, 5) is 11.5. The molecule has 4 nitrogen and oxygen atoms in total. The molecule has 0 aliphatic carbocycles. The van der Waals surface area contributed by atoms with E-state index in [9.17, 15) is 13.2 Å². The zero-order valence-electron chi connectivity index (χ0n) is 9.82. The molecule has 1 aliphatic rings. The first-order valence-electron chi connectivity index (χ1n) is 5.60. The van der Waals surface area contributed by atoms with Gasteiger partial charge in [-0.25, -0.2) is 8.42 Å². The fourth-order valence-corrected chi connectivity index (χ4v) is 2.47. The maximum absolute atomic E-state index is 11.5. The van der Waals surface area contributed by atoms with E-state index in [4.69, 9.17) is 0 Å². The van der Waals surface area contributed by atoms with Crippen molar-refractivity contribution < 1.29 is 13.2 Å². The standard InChI is InChI=1S/C11H19NO3S/c1-9(2)16(14,15)11(13)6-5-10-4-3-7-12-8-10/h4,9,12H,3,5-8H2,1-2H3. The van der Waals surface area contributed by atoms with E-state index in [1.807, 2.05) is 0 Å². The highest BCUT2D eigenvalue weighted by Crippen LogP contribution is 2.13. The summed E-state index contributed by atoms with van der Waals surface area (Å²) < 4.78 is 23.0. The van der Waals surface area contributed by atoms with Crippen molar-refractivity contribution in [3.05, 3.63) is 11.6 Å². The lowest BCUT2D eigenvalue weighted by Crippen LogP contribution is -2.25. The summed E-state index contributed by atoms with van der Waals surface area (Å²) in [7, 11) is -3.56. The molecule has 1 aliphatic heterocycles. The molecule has 0 amide bonds. The van der Waals surface area contributed by atoms with Gasteiger partial charge in [0.2, 0.25) is 15.0 Å². The molecule has 0 fully saturated rings. The zero-order chi connectivity index (χ0) is 12.2. The van der Waals surface area contributed by atoms with Gasteiger partial charge in [-0.3, -0.25) is 4.79 Å². The Labute approximate surface area is 97.0 Å². The van der Waals surface area contributed by atoms with Crippen LogP contribution in [-0.2, 0) is 14.6 Å². The summed E-state index contributed by atoms with van der Waals surface area (Å²) in [6.07, 6.45) is 3.71. The van der Waals surface area contributed by atoms with Crippen molar-refractivity contribution in [2.24, 2.45) is 0 Å². The van der Waals surface area contributed by atoms with Gasteiger partial charge >= 0.3 is 0 Å². The number of sulfone groups is 1. The molecule has 0 saturated heterocycles. The maximum Gasteiger partial charge on any atom is 0.246 e. The molecule has 1 heterocycles. The van der Waals surface area contributed by atoms with Crippen LogP contribution in [0, 0.1) is 0 Å². The van der Waals surface area contributed by atoms with Crippen LogP contribution in [0.3, 0.4) is 0 Å². The lowest BCUT2D eigenvalue weighted by atomic mass is 10.1. The monoisotopic (exact) mass is 245 g/mol. The van der Waals surface area contributed by atoms with Gasteiger partial charge in [-0.2, -0.15) is 0 Å². The van der Waals surface area contributed by atoms with Crippen LogP contribution in [0.2, 0.25) is 0 Å². The van der Waals surface area contributed by atoms with Crippen molar-refractivity contribution in [2.45, 2.75) is 38.4 Å². The highest BCUT2D eigenvalue weighted by atomic mass is 32.2. The van der Waals surface area contributed by atoms with Gasteiger partial charge in [0.15, 0.2) is 0 Å². The molecule has 0 aromatic carbocycles. The zero-order valence-corrected chi connectivity index (χ0v) is 10.6. The third-order valence-corrected chi connectivity index (χ3v) is 4.77. The Kier molecular flexibility index (Phi) is 4.68. The van der Waals surface area contributed by atoms with E-state index in [0.717, 1.165) is 25.1 Å². The average molecular weight is 245 g/mol. The van der Waals surface area contributed by atoms with E-state index in [1.54, 1.807) is 0 Å². The van der Waals surface area contributed by atoms with Gasteiger partial charge in [-0.15, -0.1) is 0 Å². The van der Waals surface area contributed by atoms with Crippen LogP contribution < -0.4 is 5.32 Å². The van der Waals surface area contributed by atoms with Crippen molar-refractivity contribution >= 4 is 15.0 Å². The van der Waals surface area contributed by atoms with Gasteiger partial charge in [0.05, 0.1) is 5.25 Å². The van der Waals surface area contributed by atoms with E-state index < -0.39 is 20.2 Å². The van der Waals surface area contributed by atoms with Gasteiger partial charge < -0.3 is 5.32 Å². The summed E-state index contributed by atoms with van der Waals surface area (Å²) in [5.74, 6) is 0. The summed E-state index contributed by atoms with van der Waals surface area (Å²) >= 11 is 0. The molecule has 0 atom stereocenters. The molecule has 1 rings (SSSR count). The first-order valence-corrected chi connectivity index (χ1v) is 7.14. The van der Waals surface area contributed by atoms with Gasteiger partial charge in [0.1, 0.15) is 0 Å². The van der Waals surface area contributed by atoms with Crippen LogP contribution in [0.4, 0.5) is 0 Å². The highest BCUT2D eigenvalue weighted by Gasteiger charge is 2.25. The largest absolute Gasteiger partial charge is 0.313 e. The molecular weight excluding hydrogens is 226 g/mol. The summed E-state index contributed by atoms with van der Waals surface area (Å²) in [6, 6.07) is 0. The van der Waals surface area contributed by atoms with Gasteiger partial charge in [-0.1, -0.05) is 11.6 Å². The van der Waals surface area contributed by atoms with E-state index in [1.165, 1.54) is 13.8 Å². The predicted octanol–water partition coefficient (Wildman–Crippen LogP) is 1.04. The summed E-state index contributed by atoms with van der Waals surface area (Å²) in [5.41, 5.74) is 1.14. The predicted molar refractivity (Wildman–Crippen MR) is 63.9 cm³/mol. The van der Waals surface area contributed by atoms with Gasteiger partial charge in [0, 0.05) is 13.0 Å². The number of carbonyl (C=O) groups excluding carboxylic acids is 1. The third-order valence-electron chi connectivity index (χ3n) is 2.69. The van der Waals surface area contributed by atoms with Crippen molar-refractivity contribution in [2.75, 3.05) is 13.1 Å². The molecule has 0 saturated carbocycles. The Morgan fingerprint density at radius 3 is 2.69 bits per heavy atom. The topological polar surface area (TPSA) is 63.2 Å². The second-order valence-corrected chi connectivity index (χ2v) is 6.78. The van der Waals surface area contributed by atoms with Crippen LogP contribution in [0.15, 0.2) is 11.6 Å². The number of nitrogens with one attached hydrogen (secondary N) is 1. The SMILES string of the molecule is CC(C)S(=O)(=O)C(=O)CCC1=CCCNC1. The first-order chi connectivity index (χ1) is 7.44. The molecule has 5 heteroatoms. The molecule has 0 radical (unpaired) electrons. The Balaban J connectivity index is 2.50. The lowest BCUT2D eigenvalue weighted by molar-refractivity contribution is -0.111. The Bertz CT molecular complexity index is 382. The quantitative estimate of drug-likeness (QED) is 0.752. The minimum Gasteiger partial charge on any atom is -0.313 e. The van der Waals surface area contributed by atoms with Gasteiger partial charge in [-0.05, 0) is 33.2 Å². The van der Waals surface area contributed by atoms with E-state index in [2.05, 4.69) is 11.4 Å². The second kappa shape index (κ2) is 5.59. The number of hydrogen-bond acceptors (Lipinski definition) is 4. The van der Waals surface area contributed by atoms with Crippen LogP contribution in [0.1, 0.15) is 33.1 Å². The Hall–Kier alpha value is -0.680. The molecule has 16 heavy (non-hydrogen) atoms. The second-order valence-electron chi connectivity index (χ2n) is 4.29. The third kappa shape index (κ3) is 3.42. The number of carbonyl (C=O) groups is 1. The minimum absolute atomic E-state index is 0.105. The molecular formula is C11H19NO3S. The smallest absolute Gasteiger partial charge is 0.246 e. The molecule has 0 aromatic rings. The van der Waals surface area contributed by atoms with Crippen molar-refractivity contribution in [1.82, 2.24) is 5.32 Å². The molecule has 0 unspecified atom stereocenters. The van der Waals surface area contributed by atoms with E-state index in [0.29, 0.717) is 6.42 Å². The van der Waals surface area contributed by atoms with Crippen molar-refractivity contribution in [3.8, 4) is 0 Å². The van der Waals surface area contributed by atoms with Crippen molar-refractivity contribution in [3.63, 3.8) is 0 Å². The molecule has 0 bridgehead atoms. The van der Waals surface area contributed by atoms with Crippen LogP contribution >= 0.6 is 0 Å². The fourth-order valence-electron chi connectivity index (χ4n) is 1.56. The number of hydrogen-bond donors (Lipinski definition) is 1. The average Bonchev–Trinajstić information content (AvgIpc) is 2.27. The Morgan fingerprint density at radius 1 is 1.50 bits per heavy atom. The molecule has 0 spiro atoms. The van der Waals surface area contributed by atoms with E-state index >= 15 is 0 Å². The minimum atomic E-state index is -3.56.